The maximum atomic E-state index is 12.7. The van der Waals surface area contributed by atoms with E-state index >= 15 is 0 Å². The Morgan fingerprint density at radius 3 is 2.31 bits per heavy atom. The SMILES string of the molecule is O=S(=O)(Nc1nc2ccccc2s1)c1ccc(Nc2nc3ccccc3[nH]2)cc1. The zero-order valence-electron chi connectivity index (χ0n) is 15.0. The van der Waals surface area contributed by atoms with Crippen molar-refractivity contribution < 1.29 is 8.42 Å². The Morgan fingerprint density at radius 2 is 1.55 bits per heavy atom. The number of para-hydroxylation sites is 3. The van der Waals surface area contributed by atoms with Gasteiger partial charge in [0.2, 0.25) is 5.95 Å². The van der Waals surface area contributed by atoms with Gasteiger partial charge in [-0.1, -0.05) is 35.6 Å². The molecule has 2 heterocycles. The second kappa shape index (κ2) is 6.87. The Labute approximate surface area is 170 Å². The van der Waals surface area contributed by atoms with Gasteiger partial charge >= 0.3 is 0 Å². The summed E-state index contributed by atoms with van der Waals surface area (Å²) < 4.78 is 28.8. The predicted molar refractivity (Wildman–Crippen MR) is 116 cm³/mol. The van der Waals surface area contributed by atoms with E-state index in [1.807, 2.05) is 48.5 Å². The Balaban J connectivity index is 1.35. The molecule has 0 saturated heterocycles. The number of thiazole rings is 1. The molecule has 144 valence electrons. The molecule has 0 unspecified atom stereocenters. The topological polar surface area (TPSA) is 99.8 Å². The maximum Gasteiger partial charge on any atom is 0.263 e. The fraction of sp³-hybridized carbons (Fsp3) is 0. The first-order valence-corrected chi connectivity index (χ1v) is 11.1. The molecule has 0 aliphatic carbocycles. The monoisotopic (exact) mass is 421 g/mol. The summed E-state index contributed by atoms with van der Waals surface area (Å²) in [5.41, 5.74) is 3.27. The van der Waals surface area contributed by atoms with Crippen LogP contribution in [0.25, 0.3) is 21.3 Å². The fourth-order valence-electron chi connectivity index (χ4n) is 2.96. The molecule has 3 aromatic carbocycles. The molecule has 0 radical (unpaired) electrons. The van der Waals surface area contributed by atoms with Crippen LogP contribution in [-0.2, 0) is 10.0 Å². The second-order valence-electron chi connectivity index (χ2n) is 6.34. The Kier molecular flexibility index (Phi) is 4.18. The van der Waals surface area contributed by atoms with Crippen LogP contribution in [0.5, 0.6) is 0 Å². The van der Waals surface area contributed by atoms with Gasteiger partial charge in [0.15, 0.2) is 5.13 Å². The average Bonchev–Trinajstić information content (AvgIpc) is 3.30. The molecule has 7 nitrogen and oxygen atoms in total. The highest BCUT2D eigenvalue weighted by molar-refractivity contribution is 7.93. The number of benzene rings is 3. The number of imidazole rings is 1. The highest BCUT2D eigenvalue weighted by Gasteiger charge is 2.16. The van der Waals surface area contributed by atoms with Crippen molar-refractivity contribution in [3.63, 3.8) is 0 Å². The highest BCUT2D eigenvalue weighted by Crippen LogP contribution is 2.28. The van der Waals surface area contributed by atoms with Gasteiger partial charge in [-0.15, -0.1) is 0 Å². The molecule has 29 heavy (non-hydrogen) atoms. The molecule has 0 spiro atoms. The normalized spacial score (nSPS) is 11.7. The molecule has 5 rings (SSSR count). The van der Waals surface area contributed by atoms with E-state index in [2.05, 4.69) is 25.0 Å². The van der Waals surface area contributed by atoms with Gasteiger partial charge in [0.25, 0.3) is 10.0 Å². The van der Waals surface area contributed by atoms with Crippen molar-refractivity contribution in [2.45, 2.75) is 4.90 Å². The van der Waals surface area contributed by atoms with Gasteiger partial charge in [-0.3, -0.25) is 4.72 Å². The van der Waals surface area contributed by atoms with Gasteiger partial charge in [-0.05, 0) is 48.5 Å². The standard InChI is InChI=1S/C20H15N5O2S2/c26-29(27,25-20-24-17-7-3-4-8-18(17)28-20)14-11-9-13(10-12-14)21-19-22-15-5-1-2-6-16(15)23-19/h1-12H,(H,24,25)(H2,21,22,23). The lowest BCUT2D eigenvalue weighted by Crippen LogP contribution is -2.12. The van der Waals surface area contributed by atoms with Crippen LogP contribution < -0.4 is 10.0 Å². The largest absolute Gasteiger partial charge is 0.326 e. The Morgan fingerprint density at radius 1 is 0.828 bits per heavy atom. The van der Waals surface area contributed by atoms with Gasteiger partial charge in [0, 0.05) is 5.69 Å². The highest BCUT2D eigenvalue weighted by atomic mass is 32.2. The Hall–Kier alpha value is -3.43. The molecule has 0 bridgehead atoms. The van der Waals surface area contributed by atoms with E-state index in [-0.39, 0.29) is 4.90 Å². The zero-order valence-corrected chi connectivity index (χ0v) is 16.6. The molecule has 3 N–H and O–H groups in total. The molecule has 0 fully saturated rings. The van der Waals surface area contributed by atoms with Crippen molar-refractivity contribution in [2.75, 3.05) is 10.0 Å². The number of nitrogens with one attached hydrogen (secondary N) is 3. The smallest absolute Gasteiger partial charge is 0.263 e. The minimum Gasteiger partial charge on any atom is -0.326 e. The molecule has 9 heteroatoms. The van der Waals surface area contributed by atoms with Gasteiger partial charge in [0.05, 0.1) is 26.1 Å². The van der Waals surface area contributed by atoms with Crippen LogP contribution in [0.15, 0.2) is 77.7 Å². The maximum absolute atomic E-state index is 12.7. The van der Waals surface area contributed by atoms with Crippen LogP contribution in [0.4, 0.5) is 16.8 Å². The number of hydrogen-bond acceptors (Lipinski definition) is 6. The van der Waals surface area contributed by atoms with Crippen LogP contribution in [-0.4, -0.2) is 23.4 Å². The van der Waals surface area contributed by atoms with E-state index in [1.54, 1.807) is 24.3 Å². The second-order valence-corrected chi connectivity index (χ2v) is 9.06. The molecule has 5 aromatic rings. The van der Waals surface area contributed by atoms with Crippen molar-refractivity contribution in [1.29, 1.82) is 0 Å². The van der Waals surface area contributed by atoms with Crippen LogP contribution in [0.1, 0.15) is 0 Å². The summed E-state index contributed by atoms with van der Waals surface area (Å²) in [6, 6.07) is 21.7. The van der Waals surface area contributed by atoms with Crippen LogP contribution in [0.3, 0.4) is 0 Å². The molecule has 0 amide bonds. The van der Waals surface area contributed by atoms with E-state index in [0.717, 1.165) is 26.9 Å². The van der Waals surface area contributed by atoms with E-state index in [0.29, 0.717) is 11.1 Å². The summed E-state index contributed by atoms with van der Waals surface area (Å²) in [4.78, 5) is 12.1. The minimum absolute atomic E-state index is 0.159. The minimum atomic E-state index is -3.72. The number of hydrogen-bond donors (Lipinski definition) is 3. The van der Waals surface area contributed by atoms with Crippen molar-refractivity contribution in [1.82, 2.24) is 15.0 Å². The first kappa shape index (κ1) is 17.7. The number of H-pyrrole nitrogens is 1. The van der Waals surface area contributed by atoms with Crippen molar-refractivity contribution in [3.8, 4) is 0 Å². The van der Waals surface area contributed by atoms with Crippen molar-refractivity contribution in [3.05, 3.63) is 72.8 Å². The quantitative estimate of drug-likeness (QED) is 0.381. The number of fused-ring (bicyclic) bond motifs is 2. The molecule has 0 atom stereocenters. The van der Waals surface area contributed by atoms with Crippen LogP contribution in [0.2, 0.25) is 0 Å². The number of anilines is 3. The summed E-state index contributed by atoms with van der Waals surface area (Å²) in [5.74, 6) is 0.592. The van der Waals surface area contributed by atoms with Crippen LogP contribution in [0, 0.1) is 0 Å². The number of sulfonamides is 1. The summed E-state index contributed by atoms with van der Waals surface area (Å²) in [5, 5.41) is 3.49. The summed E-state index contributed by atoms with van der Waals surface area (Å²) >= 11 is 1.30. The van der Waals surface area contributed by atoms with Gasteiger partial charge < -0.3 is 10.3 Å². The Bertz CT molecular complexity index is 1360. The number of aromatic amines is 1. The molecular weight excluding hydrogens is 406 g/mol. The average molecular weight is 422 g/mol. The number of rotatable bonds is 5. The van der Waals surface area contributed by atoms with E-state index in [4.69, 9.17) is 0 Å². The summed E-state index contributed by atoms with van der Waals surface area (Å²) in [6.07, 6.45) is 0. The molecule has 2 aromatic heterocycles. The zero-order chi connectivity index (χ0) is 19.8. The summed E-state index contributed by atoms with van der Waals surface area (Å²) in [6.45, 7) is 0. The summed E-state index contributed by atoms with van der Waals surface area (Å²) in [7, 11) is -3.72. The molecule has 0 aliphatic rings. The lowest BCUT2D eigenvalue weighted by molar-refractivity contribution is 0.601. The van der Waals surface area contributed by atoms with E-state index in [9.17, 15) is 8.42 Å². The number of aromatic nitrogens is 3. The van der Waals surface area contributed by atoms with Gasteiger partial charge in [0.1, 0.15) is 0 Å². The third kappa shape index (κ3) is 3.53. The fourth-order valence-corrected chi connectivity index (χ4v) is 5.06. The van der Waals surface area contributed by atoms with Crippen molar-refractivity contribution >= 4 is 59.4 Å². The van der Waals surface area contributed by atoms with Gasteiger partial charge in [-0.25, -0.2) is 18.4 Å². The van der Waals surface area contributed by atoms with Crippen LogP contribution >= 0.6 is 11.3 Å². The first-order chi connectivity index (χ1) is 14.1. The molecule has 0 saturated carbocycles. The van der Waals surface area contributed by atoms with E-state index in [1.165, 1.54) is 11.3 Å². The third-order valence-corrected chi connectivity index (χ3v) is 6.77. The number of nitrogens with zero attached hydrogens (tertiary/aromatic N) is 2. The first-order valence-electron chi connectivity index (χ1n) is 8.77. The van der Waals surface area contributed by atoms with Gasteiger partial charge in [-0.2, -0.15) is 0 Å². The predicted octanol–water partition coefficient (Wildman–Crippen LogP) is 4.72. The lowest BCUT2D eigenvalue weighted by atomic mass is 10.3. The van der Waals surface area contributed by atoms with E-state index < -0.39 is 10.0 Å². The molecular formula is C20H15N5O2S2. The molecule has 0 aliphatic heterocycles. The third-order valence-electron chi connectivity index (χ3n) is 4.33. The lowest BCUT2D eigenvalue weighted by Gasteiger charge is -2.07. The van der Waals surface area contributed by atoms with Crippen molar-refractivity contribution in [2.24, 2.45) is 0 Å².